The van der Waals surface area contributed by atoms with Crippen LogP contribution in [0.15, 0.2) is 0 Å². The van der Waals surface area contributed by atoms with Crippen molar-refractivity contribution in [2.24, 2.45) is 11.3 Å². The van der Waals surface area contributed by atoms with Gasteiger partial charge in [-0.05, 0) is 45.4 Å². The number of halogens is 5. The molecule has 0 aromatic heterocycles. The first-order valence-electron chi connectivity index (χ1n) is 10.5. The topological polar surface area (TPSA) is 78.9 Å². The maximum atomic E-state index is 13.7. The average Bonchev–Trinajstić information content (AvgIpc) is 2.57. The van der Waals surface area contributed by atoms with Gasteiger partial charge in [-0.1, -0.05) is 6.92 Å². The summed E-state index contributed by atoms with van der Waals surface area (Å²) in [7, 11) is 0. The Morgan fingerprint density at radius 1 is 0.812 bits per heavy atom. The monoisotopic (exact) mass is 470 g/mol. The van der Waals surface area contributed by atoms with Gasteiger partial charge in [-0.25, -0.2) is 4.79 Å². The zero-order valence-corrected chi connectivity index (χ0v) is 18.4. The number of rotatable bonds is 6. The number of carbonyl (C=O) groups excluding carboxylic acids is 3. The molecule has 4 rings (SSSR count). The van der Waals surface area contributed by atoms with E-state index in [1.54, 1.807) is 20.8 Å². The summed E-state index contributed by atoms with van der Waals surface area (Å²) < 4.78 is 81.7. The second-order valence-electron chi connectivity index (χ2n) is 10.2. The van der Waals surface area contributed by atoms with E-state index in [9.17, 15) is 36.3 Å². The summed E-state index contributed by atoms with van der Waals surface area (Å²) in [5, 5.41) is 0. The van der Waals surface area contributed by atoms with Gasteiger partial charge in [0.2, 0.25) is 0 Å². The molecule has 0 aromatic carbocycles. The minimum absolute atomic E-state index is 0.0200. The van der Waals surface area contributed by atoms with Crippen LogP contribution >= 0.6 is 0 Å². The Hall–Kier alpha value is -1.94. The van der Waals surface area contributed by atoms with Crippen molar-refractivity contribution >= 4 is 17.9 Å². The van der Waals surface area contributed by atoms with Crippen LogP contribution in [0.25, 0.3) is 0 Å². The van der Waals surface area contributed by atoms with E-state index in [0.29, 0.717) is 19.3 Å². The Balaban J connectivity index is 1.97. The summed E-state index contributed by atoms with van der Waals surface area (Å²) in [6.07, 6.45) is -5.41. The Kier molecular flexibility index (Phi) is 5.62. The molecule has 4 fully saturated rings. The summed E-state index contributed by atoms with van der Waals surface area (Å²) >= 11 is 0. The van der Waals surface area contributed by atoms with Gasteiger partial charge in [0.25, 0.3) is 0 Å². The van der Waals surface area contributed by atoms with Crippen molar-refractivity contribution < 1.29 is 50.5 Å². The SMILES string of the molecule is CCC(C)(C)C(=O)OC12CC3CC(OC(C)=O)(C1)CC(OC(=O)C(F)(F)C(F)(F)F)(C3)C2. The molecule has 6 nitrogen and oxygen atoms in total. The summed E-state index contributed by atoms with van der Waals surface area (Å²) in [5.74, 6) is -10.00. The van der Waals surface area contributed by atoms with Gasteiger partial charge in [0.05, 0.1) is 5.41 Å². The highest BCUT2D eigenvalue weighted by atomic mass is 19.4. The van der Waals surface area contributed by atoms with E-state index in [2.05, 4.69) is 0 Å². The first-order chi connectivity index (χ1) is 14.4. The predicted molar refractivity (Wildman–Crippen MR) is 98.4 cm³/mol. The Labute approximate surface area is 182 Å². The first-order valence-corrected chi connectivity index (χ1v) is 10.5. The number of esters is 3. The maximum Gasteiger partial charge on any atom is 0.465 e. The van der Waals surface area contributed by atoms with E-state index in [-0.39, 0.29) is 31.6 Å². The van der Waals surface area contributed by atoms with Gasteiger partial charge < -0.3 is 14.2 Å². The first kappa shape index (κ1) is 24.7. The fraction of sp³-hybridized carbons (Fsp3) is 0.857. The van der Waals surface area contributed by atoms with Crippen LogP contribution in [0.1, 0.15) is 72.6 Å². The number of ether oxygens (including phenoxy) is 3. The molecule has 0 spiro atoms. The van der Waals surface area contributed by atoms with E-state index in [1.807, 2.05) is 0 Å². The number of hydrogen-bond acceptors (Lipinski definition) is 6. The molecule has 0 radical (unpaired) electrons. The second kappa shape index (κ2) is 7.28. The molecule has 0 heterocycles. The van der Waals surface area contributed by atoms with Crippen LogP contribution in [0, 0.1) is 11.3 Å². The van der Waals surface area contributed by atoms with E-state index in [1.165, 1.54) is 0 Å². The summed E-state index contributed by atoms with van der Waals surface area (Å²) in [4.78, 5) is 36.5. The predicted octanol–water partition coefficient (Wildman–Crippen LogP) is 4.48. The molecular formula is C21H27F5O6. The van der Waals surface area contributed by atoms with Crippen LogP contribution in [-0.4, -0.2) is 46.8 Å². The van der Waals surface area contributed by atoms with Gasteiger partial charge in [0.1, 0.15) is 16.8 Å². The Bertz CT molecular complexity index is 824. The Morgan fingerprint density at radius 2 is 1.22 bits per heavy atom. The maximum absolute atomic E-state index is 13.7. The molecule has 0 N–H and O–H groups in total. The lowest BCUT2D eigenvalue weighted by atomic mass is 9.50. The molecular weight excluding hydrogens is 443 g/mol. The summed E-state index contributed by atoms with van der Waals surface area (Å²) in [6, 6.07) is 0. The van der Waals surface area contributed by atoms with Gasteiger partial charge in [-0.15, -0.1) is 0 Å². The van der Waals surface area contributed by atoms with Crippen molar-refractivity contribution in [1.29, 1.82) is 0 Å². The Morgan fingerprint density at radius 3 is 1.59 bits per heavy atom. The number of hydrogen-bond donors (Lipinski definition) is 0. The van der Waals surface area contributed by atoms with Crippen LogP contribution in [0.4, 0.5) is 22.0 Å². The highest BCUT2D eigenvalue weighted by molar-refractivity contribution is 5.79. The third kappa shape index (κ3) is 4.19. The lowest BCUT2D eigenvalue weighted by molar-refractivity contribution is -0.304. The van der Waals surface area contributed by atoms with Crippen molar-refractivity contribution in [2.45, 2.75) is 102 Å². The second-order valence-corrected chi connectivity index (χ2v) is 10.2. The van der Waals surface area contributed by atoms with Gasteiger partial charge in [-0.3, -0.25) is 9.59 Å². The van der Waals surface area contributed by atoms with Crippen LogP contribution < -0.4 is 0 Å². The molecule has 0 aliphatic heterocycles. The third-order valence-electron chi connectivity index (χ3n) is 6.94. The minimum Gasteiger partial charge on any atom is -0.459 e. The molecule has 182 valence electrons. The highest BCUT2D eigenvalue weighted by Gasteiger charge is 2.71. The van der Waals surface area contributed by atoms with Crippen LogP contribution in [0.5, 0.6) is 0 Å². The molecule has 0 amide bonds. The van der Waals surface area contributed by atoms with Crippen molar-refractivity contribution in [3.8, 4) is 0 Å². The zero-order valence-electron chi connectivity index (χ0n) is 18.4. The lowest BCUT2D eigenvalue weighted by Gasteiger charge is -2.64. The van der Waals surface area contributed by atoms with Crippen LogP contribution in [0.3, 0.4) is 0 Å². The smallest absolute Gasteiger partial charge is 0.459 e. The van der Waals surface area contributed by atoms with Crippen LogP contribution in [0.2, 0.25) is 0 Å². The van der Waals surface area contributed by atoms with Crippen molar-refractivity contribution in [1.82, 2.24) is 0 Å². The molecule has 4 bridgehead atoms. The minimum atomic E-state index is -6.12. The molecule has 4 saturated carbocycles. The molecule has 11 heteroatoms. The standard InChI is InChI=1S/C21H27F5O6/c1-5-16(3,4)14(28)31-18-7-13-6-17(9-18,30-12(2)27)10-19(8-13,11-18)32-15(29)20(22,23)21(24,25)26/h13H,5-11H2,1-4H3. The molecule has 0 saturated heterocycles. The van der Waals surface area contributed by atoms with E-state index < -0.39 is 52.2 Å². The van der Waals surface area contributed by atoms with Crippen molar-refractivity contribution in [3.63, 3.8) is 0 Å². The van der Waals surface area contributed by atoms with Gasteiger partial charge in [-0.2, -0.15) is 22.0 Å². The van der Waals surface area contributed by atoms with Gasteiger partial charge in [0.15, 0.2) is 0 Å². The number of alkyl halides is 5. The zero-order chi connectivity index (χ0) is 24.4. The van der Waals surface area contributed by atoms with Crippen molar-refractivity contribution in [2.75, 3.05) is 0 Å². The van der Waals surface area contributed by atoms with Gasteiger partial charge >= 0.3 is 30.0 Å². The molecule has 0 aromatic rings. The quantitative estimate of drug-likeness (QED) is 0.324. The van der Waals surface area contributed by atoms with E-state index in [0.717, 1.165) is 6.92 Å². The normalized spacial score (nSPS) is 34.2. The highest BCUT2D eigenvalue weighted by Crippen LogP contribution is 2.63. The lowest BCUT2D eigenvalue weighted by Crippen LogP contribution is -2.69. The van der Waals surface area contributed by atoms with Crippen molar-refractivity contribution in [3.05, 3.63) is 0 Å². The molecule has 32 heavy (non-hydrogen) atoms. The fourth-order valence-corrected chi connectivity index (χ4v) is 5.68. The van der Waals surface area contributed by atoms with E-state index in [4.69, 9.17) is 14.2 Å². The fourth-order valence-electron chi connectivity index (χ4n) is 5.68. The molecule has 4 unspecified atom stereocenters. The molecule has 4 aliphatic rings. The number of carbonyl (C=O) groups is 3. The van der Waals surface area contributed by atoms with Crippen LogP contribution in [-0.2, 0) is 28.6 Å². The third-order valence-corrected chi connectivity index (χ3v) is 6.94. The van der Waals surface area contributed by atoms with E-state index >= 15 is 0 Å². The van der Waals surface area contributed by atoms with Gasteiger partial charge in [0, 0.05) is 26.2 Å². The average molecular weight is 470 g/mol. The largest absolute Gasteiger partial charge is 0.465 e. The summed E-state index contributed by atoms with van der Waals surface area (Å²) in [6.45, 7) is 6.26. The molecule has 4 atom stereocenters. The molecule has 4 aliphatic carbocycles. The summed E-state index contributed by atoms with van der Waals surface area (Å²) in [5.41, 5.74) is -5.22.